The van der Waals surface area contributed by atoms with Crippen LogP contribution in [0, 0.1) is 5.92 Å². The molecule has 0 aromatic heterocycles. The number of ether oxygens (including phenoxy) is 1. The smallest absolute Gasteiger partial charge is 0.137 e. The van der Waals surface area contributed by atoms with Gasteiger partial charge in [0.25, 0.3) is 0 Å². The van der Waals surface area contributed by atoms with Crippen LogP contribution in [-0.4, -0.2) is 37.7 Å². The van der Waals surface area contributed by atoms with E-state index in [0.29, 0.717) is 29.4 Å². The van der Waals surface area contributed by atoms with Gasteiger partial charge in [-0.15, -0.1) is 0 Å². The quantitative estimate of drug-likeness (QED) is 0.904. The van der Waals surface area contributed by atoms with Gasteiger partial charge in [-0.05, 0) is 75.9 Å². The molecular formula is C17H27ClN2O. The number of benzene rings is 1. The Hall–Kier alpha value is -0.770. The lowest BCUT2D eigenvalue weighted by Gasteiger charge is -2.38. The van der Waals surface area contributed by atoms with Gasteiger partial charge in [-0.25, -0.2) is 0 Å². The monoisotopic (exact) mass is 310 g/mol. The van der Waals surface area contributed by atoms with Crippen molar-refractivity contribution >= 4 is 11.6 Å². The van der Waals surface area contributed by atoms with Gasteiger partial charge in [-0.3, -0.25) is 0 Å². The van der Waals surface area contributed by atoms with Crippen LogP contribution in [0.3, 0.4) is 0 Å². The highest BCUT2D eigenvalue weighted by atomic mass is 35.5. The number of methoxy groups -OCH3 is 1. The number of likely N-dealkylation sites (tertiary alicyclic amines) is 1. The number of piperidine rings is 1. The number of nitrogens with two attached hydrogens (primary N) is 1. The summed E-state index contributed by atoms with van der Waals surface area (Å²) in [7, 11) is 1.64. The van der Waals surface area contributed by atoms with Crippen LogP contribution in [0.25, 0.3) is 0 Å². The molecule has 1 aromatic carbocycles. The van der Waals surface area contributed by atoms with Crippen molar-refractivity contribution in [2.75, 3.05) is 26.7 Å². The van der Waals surface area contributed by atoms with Gasteiger partial charge >= 0.3 is 0 Å². The predicted octanol–water partition coefficient (Wildman–Crippen LogP) is 3.51. The van der Waals surface area contributed by atoms with Crippen LogP contribution in [0.5, 0.6) is 5.75 Å². The number of hydrogen-bond donors (Lipinski definition) is 1. The molecule has 118 valence electrons. The number of nitrogens with zero attached hydrogens (tertiary/aromatic N) is 1. The van der Waals surface area contributed by atoms with Gasteiger partial charge in [0.1, 0.15) is 5.75 Å². The van der Waals surface area contributed by atoms with Crippen molar-refractivity contribution in [2.24, 2.45) is 11.7 Å². The summed E-state index contributed by atoms with van der Waals surface area (Å²) in [5, 5.41) is 0.674. The van der Waals surface area contributed by atoms with E-state index in [0.717, 1.165) is 5.75 Å². The van der Waals surface area contributed by atoms with Crippen LogP contribution in [0.4, 0.5) is 0 Å². The second-order valence-electron chi connectivity index (χ2n) is 6.20. The molecule has 0 aliphatic carbocycles. The molecule has 4 heteroatoms. The standard InChI is InChI=1S/C17H27ClN2O/c1-12(2)20-8-6-13(7-9-20)15(11-19)14-4-5-17(21-3)16(18)10-14/h4-5,10,12-13,15H,6-9,11,19H2,1-3H3. The topological polar surface area (TPSA) is 38.5 Å². The number of hydrogen-bond acceptors (Lipinski definition) is 3. The molecular weight excluding hydrogens is 284 g/mol. The van der Waals surface area contributed by atoms with E-state index in [1.807, 2.05) is 12.1 Å². The highest BCUT2D eigenvalue weighted by Crippen LogP contribution is 2.35. The highest BCUT2D eigenvalue weighted by Gasteiger charge is 2.28. The van der Waals surface area contributed by atoms with Crippen molar-refractivity contribution in [3.8, 4) is 5.75 Å². The zero-order valence-electron chi connectivity index (χ0n) is 13.3. The fourth-order valence-electron chi connectivity index (χ4n) is 3.35. The van der Waals surface area contributed by atoms with Crippen molar-refractivity contribution in [3.05, 3.63) is 28.8 Å². The summed E-state index contributed by atoms with van der Waals surface area (Å²) in [4.78, 5) is 2.55. The van der Waals surface area contributed by atoms with Crippen LogP contribution in [0.15, 0.2) is 18.2 Å². The Morgan fingerprint density at radius 2 is 2.00 bits per heavy atom. The van der Waals surface area contributed by atoms with E-state index in [2.05, 4.69) is 24.8 Å². The summed E-state index contributed by atoms with van der Waals surface area (Å²) < 4.78 is 5.23. The maximum absolute atomic E-state index is 6.26. The maximum atomic E-state index is 6.26. The molecule has 1 fully saturated rings. The van der Waals surface area contributed by atoms with E-state index in [-0.39, 0.29) is 0 Å². The third-order valence-electron chi connectivity index (χ3n) is 4.73. The van der Waals surface area contributed by atoms with Gasteiger partial charge in [0.15, 0.2) is 0 Å². The summed E-state index contributed by atoms with van der Waals surface area (Å²) >= 11 is 6.26. The van der Waals surface area contributed by atoms with Gasteiger partial charge < -0.3 is 15.4 Å². The van der Waals surface area contributed by atoms with E-state index in [1.54, 1.807) is 7.11 Å². The molecule has 0 spiro atoms. The Bertz CT molecular complexity index is 456. The summed E-state index contributed by atoms with van der Waals surface area (Å²) in [6, 6.07) is 6.71. The second kappa shape index (κ2) is 7.48. The first-order valence-electron chi connectivity index (χ1n) is 7.84. The van der Waals surface area contributed by atoms with E-state index < -0.39 is 0 Å². The Morgan fingerprint density at radius 1 is 1.33 bits per heavy atom. The van der Waals surface area contributed by atoms with Gasteiger partial charge in [0.2, 0.25) is 0 Å². The molecule has 21 heavy (non-hydrogen) atoms. The normalized spacial score (nSPS) is 19.0. The van der Waals surface area contributed by atoms with Crippen molar-refractivity contribution in [2.45, 2.75) is 38.6 Å². The fraction of sp³-hybridized carbons (Fsp3) is 0.647. The zero-order valence-corrected chi connectivity index (χ0v) is 14.1. The number of halogens is 1. The average molecular weight is 311 g/mol. The maximum Gasteiger partial charge on any atom is 0.137 e. The highest BCUT2D eigenvalue weighted by molar-refractivity contribution is 6.32. The number of rotatable bonds is 5. The van der Waals surface area contributed by atoms with Crippen LogP contribution < -0.4 is 10.5 Å². The molecule has 1 saturated heterocycles. The minimum Gasteiger partial charge on any atom is -0.495 e. The van der Waals surface area contributed by atoms with E-state index >= 15 is 0 Å². The lowest BCUT2D eigenvalue weighted by atomic mass is 9.80. The van der Waals surface area contributed by atoms with Crippen molar-refractivity contribution in [3.63, 3.8) is 0 Å². The van der Waals surface area contributed by atoms with E-state index in [1.165, 1.54) is 31.5 Å². The molecule has 0 saturated carbocycles. The van der Waals surface area contributed by atoms with Gasteiger partial charge in [-0.2, -0.15) is 0 Å². The van der Waals surface area contributed by atoms with Crippen LogP contribution >= 0.6 is 11.6 Å². The van der Waals surface area contributed by atoms with Gasteiger partial charge in [0.05, 0.1) is 12.1 Å². The van der Waals surface area contributed by atoms with Gasteiger partial charge in [0, 0.05) is 6.04 Å². The van der Waals surface area contributed by atoms with Crippen molar-refractivity contribution in [1.29, 1.82) is 0 Å². The zero-order chi connectivity index (χ0) is 15.4. The molecule has 0 radical (unpaired) electrons. The molecule has 3 nitrogen and oxygen atoms in total. The Balaban J connectivity index is 2.08. The first-order valence-corrected chi connectivity index (χ1v) is 8.22. The third-order valence-corrected chi connectivity index (χ3v) is 5.03. The minimum atomic E-state index is 0.391. The van der Waals surface area contributed by atoms with Crippen molar-refractivity contribution in [1.82, 2.24) is 4.90 Å². The Kier molecular flexibility index (Phi) is 5.91. The van der Waals surface area contributed by atoms with E-state index in [4.69, 9.17) is 22.1 Å². The molecule has 2 rings (SSSR count). The third kappa shape index (κ3) is 3.91. The van der Waals surface area contributed by atoms with Crippen LogP contribution in [-0.2, 0) is 0 Å². The molecule has 1 atom stereocenters. The van der Waals surface area contributed by atoms with Crippen molar-refractivity contribution < 1.29 is 4.74 Å². The summed E-state index contributed by atoms with van der Waals surface area (Å²) in [5.41, 5.74) is 7.30. The fourth-order valence-corrected chi connectivity index (χ4v) is 3.62. The largest absolute Gasteiger partial charge is 0.495 e. The molecule has 2 N–H and O–H groups in total. The molecule has 1 aliphatic rings. The lowest BCUT2D eigenvalue weighted by molar-refractivity contribution is 0.138. The van der Waals surface area contributed by atoms with Crippen LogP contribution in [0.1, 0.15) is 38.2 Å². The second-order valence-corrected chi connectivity index (χ2v) is 6.61. The SMILES string of the molecule is COc1ccc(C(CN)C2CCN(C(C)C)CC2)cc1Cl. The minimum absolute atomic E-state index is 0.391. The predicted molar refractivity (Wildman–Crippen MR) is 89.2 cm³/mol. The molecule has 0 amide bonds. The summed E-state index contributed by atoms with van der Waals surface area (Å²) in [6.07, 6.45) is 2.42. The lowest BCUT2D eigenvalue weighted by Crippen LogP contribution is -2.40. The molecule has 1 aliphatic heterocycles. The Morgan fingerprint density at radius 3 is 2.48 bits per heavy atom. The summed E-state index contributed by atoms with van der Waals surface area (Å²) in [5.74, 6) is 1.77. The van der Waals surface area contributed by atoms with E-state index in [9.17, 15) is 0 Å². The molecule has 1 heterocycles. The first kappa shape index (κ1) is 16.6. The molecule has 1 unspecified atom stereocenters. The van der Waals surface area contributed by atoms with Gasteiger partial charge in [-0.1, -0.05) is 17.7 Å². The molecule has 1 aromatic rings. The van der Waals surface area contributed by atoms with Crippen LogP contribution in [0.2, 0.25) is 5.02 Å². The average Bonchev–Trinajstić information content (AvgIpc) is 2.49. The molecule has 0 bridgehead atoms. The summed E-state index contributed by atoms with van der Waals surface area (Å²) in [6.45, 7) is 7.55. The Labute approximate surface area is 133 Å². The first-order chi connectivity index (χ1) is 10.1.